The van der Waals surface area contributed by atoms with Crippen molar-refractivity contribution in [2.45, 2.75) is 45.0 Å². The molecule has 2 rings (SSSR count). The van der Waals surface area contributed by atoms with Gasteiger partial charge in [-0.05, 0) is 25.2 Å². The number of nitrogens with zero attached hydrogens (tertiary/aromatic N) is 2. The van der Waals surface area contributed by atoms with Gasteiger partial charge in [0.1, 0.15) is 6.04 Å². The summed E-state index contributed by atoms with van der Waals surface area (Å²) in [5, 5.41) is 9.15. The number of hydrogen-bond acceptors (Lipinski definition) is 3. The Morgan fingerprint density at radius 2 is 1.84 bits per heavy atom. The van der Waals surface area contributed by atoms with Gasteiger partial charge in [0.15, 0.2) is 0 Å². The quantitative estimate of drug-likeness (QED) is 0.801. The zero-order chi connectivity index (χ0) is 14.2. The van der Waals surface area contributed by atoms with Crippen LogP contribution >= 0.6 is 11.8 Å². The van der Waals surface area contributed by atoms with E-state index in [2.05, 4.69) is 13.8 Å². The molecule has 2 amide bonds. The molecule has 0 aromatic carbocycles. The standard InChI is InChI=1S/C13H22N2O3S/c1-9-15(10(8-19-9)11(16)17)12(18)14-6-4-13(2,3)5-7-14/h9-10H,4-8H2,1-3H3,(H,16,17). The van der Waals surface area contributed by atoms with Crippen molar-refractivity contribution < 1.29 is 14.7 Å². The highest BCUT2D eigenvalue weighted by molar-refractivity contribution is 8.00. The van der Waals surface area contributed by atoms with E-state index < -0.39 is 12.0 Å². The normalized spacial score (nSPS) is 30.5. The van der Waals surface area contributed by atoms with E-state index in [0.717, 1.165) is 25.9 Å². The molecule has 0 saturated carbocycles. The summed E-state index contributed by atoms with van der Waals surface area (Å²) in [5.41, 5.74) is 0.286. The number of hydrogen-bond donors (Lipinski definition) is 1. The topological polar surface area (TPSA) is 60.9 Å². The molecule has 2 fully saturated rings. The van der Waals surface area contributed by atoms with Gasteiger partial charge in [-0.3, -0.25) is 4.90 Å². The van der Waals surface area contributed by atoms with Gasteiger partial charge < -0.3 is 10.0 Å². The molecule has 2 aliphatic rings. The molecule has 19 heavy (non-hydrogen) atoms. The minimum atomic E-state index is -0.900. The number of rotatable bonds is 1. The minimum absolute atomic E-state index is 0.0523. The molecular weight excluding hydrogens is 264 g/mol. The second kappa shape index (κ2) is 5.23. The summed E-state index contributed by atoms with van der Waals surface area (Å²) in [5.74, 6) is -0.413. The Balaban J connectivity index is 2.04. The molecule has 2 unspecified atom stereocenters. The van der Waals surface area contributed by atoms with Crippen LogP contribution in [0.2, 0.25) is 0 Å². The monoisotopic (exact) mass is 286 g/mol. The predicted octanol–water partition coefficient (Wildman–Crippen LogP) is 2.08. The van der Waals surface area contributed by atoms with Gasteiger partial charge in [0, 0.05) is 18.8 Å². The average molecular weight is 286 g/mol. The van der Waals surface area contributed by atoms with Gasteiger partial charge >= 0.3 is 12.0 Å². The molecule has 1 N–H and O–H groups in total. The molecule has 0 aromatic rings. The molecule has 2 saturated heterocycles. The number of likely N-dealkylation sites (tertiary alicyclic amines) is 1. The number of aliphatic carboxylic acids is 1. The zero-order valence-electron chi connectivity index (χ0n) is 11.8. The predicted molar refractivity (Wildman–Crippen MR) is 75.2 cm³/mol. The maximum atomic E-state index is 12.5. The van der Waals surface area contributed by atoms with Gasteiger partial charge in [0.2, 0.25) is 0 Å². The Morgan fingerprint density at radius 3 is 2.37 bits per heavy atom. The number of amides is 2. The van der Waals surface area contributed by atoms with Crippen molar-refractivity contribution in [1.29, 1.82) is 0 Å². The second-order valence-electron chi connectivity index (χ2n) is 6.13. The maximum absolute atomic E-state index is 12.5. The Kier molecular flexibility index (Phi) is 3.99. The highest BCUT2D eigenvalue weighted by atomic mass is 32.2. The number of carbonyl (C=O) groups excluding carboxylic acids is 1. The van der Waals surface area contributed by atoms with Gasteiger partial charge in [-0.1, -0.05) is 13.8 Å². The van der Waals surface area contributed by atoms with E-state index in [1.165, 1.54) is 16.7 Å². The number of urea groups is 1. The fraction of sp³-hybridized carbons (Fsp3) is 0.846. The number of piperidine rings is 1. The SMILES string of the molecule is CC1SCC(C(=O)O)N1C(=O)N1CCC(C)(C)CC1. The van der Waals surface area contributed by atoms with E-state index >= 15 is 0 Å². The first kappa shape index (κ1) is 14.5. The van der Waals surface area contributed by atoms with Crippen LogP contribution < -0.4 is 0 Å². The Labute approximate surface area is 118 Å². The molecule has 2 aliphatic heterocycles. The minimum Gasteiger partial charge on any atom is -0.480 e. The van der Waals surface area contributed by atoms with Crippen LogP contribution in [-0.4, -0.2) is 57.2 Å². The second-order valence-corrected chi connectivity index (χ2v) is 7.48. The van der Waals surface area contributed by atoms with Crippen LogP contribution in [0, 0.1) is 5.41 Å². The average Bonchev–Trinajstić information content (AvgIpc) is 2.70. The molecule has 0 bridgehead atoms. The highest BCUT2D eigenvalue weighted by Gasteiger charge is 2.42. The summed E-state index contributed by atoms with van der Waals surface area (Å²) in [6, 6.07) is -0.789. The molecular formula is C13H22N2O3S. The fourth-order valence-corrected chi connectivity index (χ4v) is 3.75. The molecule has 0 aliphatic carbocycles. The van der Waals surface area contributed by atoms with Crippen molar-refractivity contribution in [3.05, 3.63) is 0 Å². The lowest BCUT2D eigenvalue weighted by Crippen LogP contribution is -2.53. The third-order valence-electron chi connectivity index (χ3n) is 4.12. The summed E-state index contributed by atoms with van der Waals surface area (Å²) < 4.78 is 0. The van der Waals surface area contributed by atoms with Crippen molar-refractivity contribution in [3.63, 3.8) is 0 Å². The van der Waals surface area contributed by atoms with Crippen molar-refractivity contribution in [2.75, 3.05) is 18.8 Å². The molecule has 0 spiro atoms. The van der Waals surface area contributed by atoms with Gasteiger partial charge in [-0.15, -0.1) is 11.8 Å². The number of carboxylic acid groups (broad SMARTS) is 1. The summed E-state index contributed by atoms with van der Waals surface area (Å²) in [6.45, 7) is 7.78. The molecule has 0 radical (unpaired) electrons. The van der Waals surface area contributed by atoms with Crippen molar-refractivity contribution in [1.82, 2.24) is 9.80 Å². The van der Waals surface area contributed by atoms with Crippen molar-refractivity contribution >= 4 is 23.8 Å². The van der Waals surface area contributed by atoms with E-state index in [1.807, 2.05) is 11.8 Å². The smallest absolute Gasteiger partial charge is 0.327 e. The van der Waals surface area contributed by atoms with Gasteiger partial charge in [0.25, 0.3) is 0 Å². The third kappa shape index (κ3) is 2.99. The van der Waals surface area contributed by atoms with Gasteiger partial charge in [-0.25, -0.2) is 9.59 Å². The van der Waals surface area contributed by atoms with Crippen LogP contribution in [0.25, 0.3) is 0 Å². The summed E-state index contributed by atoms with van der Waals surface area (Å²) >= 11 is 1.53. The number of carboxylic acids is 1. The Hall–Kier alpha value is -0.910. The number of thioether (sulfide) groups is 1. The largest absolute Gasteiger partial charge is 0.480 e. The van der Waals surface area contributed by atoms with Gasteiger partial charge in [-0.2, -0.15) is 0 Å². The van der Waals surface area contributed by atoms with Crippen molar-refractivity contribution in [3.8, 4) is 0 Å². The van der Waals surface area contributed by atoms with E-state index in [1.54, 1.807) is 0 Å². The zero-order valence-corrected chi connectivity index (χ0v) is 12.6. The van der Waals surface area contributed by atoms with Crippen LogP contribution in [-0.2, 0) is 4.79 Å². The van der Waals surface area contributed by atoms with E-state index in [9.17, 15) is 14.7 Å². The van der Waals surface area contributed by atoms with Crippen molar-refractivity contribution in [2.24, 2.45) is 5.41 Å². The molecule has 5 nitrogen and oxygen atoms in total. The first-order chi connectivity index (χ1) is 8.82. The first-order valence-corrected chi connectivity index (χ1v) is 7.78. The molecule has 2 heterocycles. The summed E-state index contributed by atoms with van der Waals surface area (Å²) in [4.78, 5) is 27.1. The first-order valence-electron chi connectivity index (χ1n) is 6.73. The lowest BCUT2D eigenvalue weighted by Gasteiger charge is -2.39. The summed E-state index contributed by atoms with van der Waals surface area (Å²) in [6.07, 6.45) is 1.96. The molecule has 0 aromatic heterocycles. The van der Waals surface area contributed by atoms with Crippen LogP contribution in [0.3, 0.4) is 0 Å². The maximum Gasteiger partial charge on any atom is 0.327 e. The molecule has 6 heteroatoms. The molecule has 2 atom stereocenters. The summed E-state index contributed by atoms with van der Waals surface area (Å²) in [7, 11) is 0. The lowest BCUT2D eigenvalue weighted by atomic mass is 9.83. The van der Waals surface area contributed by atoms with Crippen LogP contribution in [0.4, 0.5) is 4.79 Å². The van der Waals surface area contributed by atoms with Crippen LogP contribution in [0.5, 0.6) is 0 Å². The molecule has 108 valence electrons. The van der Waals surface area contributed by atoms with E-state index in [0.29, 0.717) is 5.75 Å². The number of carbonyl (C=O) groups is 2. The Morgan fingerprint density at radius 1 is 1.26 bits per heavy atom. The fourth-order valence-electron chi connectivity index (χ4n) is 2.59. The van der Waals surface area contributed by atoms with E-state index in [-0.39, 0.29) is 16.8 Å². The van der Waals surface area contributed by atoms with Crippen LogP contribution in [0.1, 0.15) is 33.6 Å². The van der Waals surface area contributed by atoms with Gasteiger partial charge in [0.05, 0.1) is 5.37 Å². The lowest BCUT2D eigenvalue weighted by molar-refractivity contribution is -0.141. The van der Waals surface area contributed by atoms with E-state index in [4.69, 9.17) is 0 Å². The van der Waals surface area contributed by atoms with Crippen LogP contribution in [0.15, 0.2) is 0 Å². The highest BCUT2D eigenvalue weighted by Crippen LogP contribution is 2.33. The third-order valence-corrected chi connectivity index (χ3v) is 5.33. The Bertz CT molecular complexity index is 376.